The van der Waals surface area contributed by atoms with Gasteiger partial charge in [0.25, 0.3) is 0 Å². The Hall–Kier alpha value is -3.07. The van der Waals surface area contributed by atoms with Gasteiger partial charge >= 0.3 is 6.09 Å². The smallest absolute Gasteiger partial charge is 0.410 e. The highest BCUT2D eigenvalue weighted by molar-refractivity contribution is 5.75. The maximum absolute atomic E-state index is 12.2. The molecule has 1 aliphatic rings. The van der Waals surface area contributed by atoms with E-state index in [1.165, 1.54) is 30.4 Å². The van der Waals surface area contributed by atoms with Crippen LogP contribution in [0.5, 0.6) is 5.75 Å². The molecule has 4 rings (SSSR count). The van der Waals surface area contributed by atoms with Gasteiger partial charge in [-0.25, -0.2) is 4.79 Å². The molecule has 0 aliphatic heterocycles. The molecule has 0 bridgehead atoms. The van der Waals surface area contributed by atoms with Crippen molar-refractivity contribution in [1.29, 1.82) is 0 Å². The van der Waals surface area contributed by atoms with Crippen molar-refractivity contribution in [3.63, 3.8) is 0 Å². The second-order valence-electron chi connectivity index (χ2n) is 7.34. The zero-order chi connectivity index (χ0) is 19.2. The van der Waals surface area contributed by atoms with Gasteiger partial charge in [0.05, 0.1) is 0 Å². The van der Waals surface area contributed by atoms with Gasteiger partial charge in [-0.05, 0) is 53.3 Å². The molecule has 0 radical (unpaired) electrons. The molecule has 1 aliphatic carbocycles. The van der Waals surface area contributed by atoms with Crippen molar-refractivity contribution >= 4 is 6.09 Å². The van der Waals surface area contributed by atoms with E-state index in [4.69, 9.17) is 4.74 Å². The molecule has 0 heterocycles. The molecule has 0 spiro atoms. The second kappa shape index (κ2) is 8.75. The standard InChI is InChI=1S/C25H25NO2/c27-25(26-23-14-5-2-6-15-23)28-24-16-8-13-22(18-24)21-12-7-11-20(17-21)19-9-3-1-4-10-19/h1,3-4,7-13,16-18,23H,2,5-6,14-15H2,(H,26,27). The van der Waals surface area contributed by atoms with Crippen LogP contribution >= 0.6 is 0 Å². The maximum atomic E-state index is 12.2. The molecule has 3 aromatic rings. The Bertz CT molecular complexity index is 930. The molecule has 0 saturated heterocycles. The average Bonchev–Trinajstić information content (AvgIpc) is 2.75. The van der Waals surface area contributed by atoms with Gasteiger partial charge < -0.3 is 10.1 Å². The van der Waals surface area contributed by atoms with Crippen LogP contribution in [0.2, 0.25) is 0 Å². The molecular weight excluding hydrogens is 346 g/mol. The van der Waals surface area contributed by atoms with Crippen molar-refractivity contribution in [1.82, 2.24) is 5.32 Å². The molecular formula is C25H25NO2. The van der Waals surface area contributed by atoms with E-state index < -0.39 is 0 Å². The summed E-state index contributed by atoms with van der Waals surface area (Å²) in [6.45, 7) is 0. The third-order valence-corrected chi connectivity index (χ3v) is 5.27. The Kier molecular flexibility index (Phi) is 5.72. The van der Waals surface area contributed by atoms with Crippen LogP contribution in [0, 0.1) is 0 Å². The molecule has 3 nitrogen and oxygen atoms in total. The summed E-state index contributed by atoms with van der Waals surface area (Å²) in [6, 6.07) is 26.7. The fraction of sp³-hybridized carbons (Fsp3) is 0.240. The number of ether oxygens (including phenoxy) is 1. The van der Waals surface area contributed by atoms with Crippen molar-refractivity contribution in [3.8, 4) is 28.0 Å². The zero-order valence-electron chi connectivity index (χ0n) is 15.9. The molecule has 1 amide bonds. The van der Waals surface area contributed by atoms with E-state index in [1.54, 1.807) is 0 Å². The minimum atomic E-state index is -0.359. The predicted molar refractivity (Wildman–Crippen MR) is 113 cm³/mol. The lowest BCUT2D eigenvalue weighted by Crippen LogP contribution is -2.37. The Balaban J connectivity index is 1.48. The molecule has 142 valence electrons. The number of rotatable bonds is 4. The normalized spacial score (nSPS) is 14.4. The summed E-state index contributed by atoms with van der Waals surface area (Å²) >= 11 is 0. The minimum Gasteiger partial charge on any atom is -0.410 e. The van der Waals surface area contributed by atoms with Gasteiger partial charge in [-0.3, -0.25) is 0 Å². The third-order valence-electron chi connectivity index (χ3n) is 5.27. The van der Waals surface area contributed by atoms with E-state index in [1.807, 2.05) is 42.5 Å². The van der Waals surface area contributed by atoms with Crippen LogP contribution in [-0.2, 0) is 0 Å². The highest BCUT2D eigenvalue weighted by Crippen LogP contribution is 2.28. The van der Waals surface area contributed by atoms with Crippen molar-refractivity contribution in [3.05, 3.63) is 78.9 Å². The fourth-order valence-electron chi connectivity index (χ4n) is 3.80. The molecule has 1 fully saturated rings. The number of hydrogen-bond donors (Lipinski definition) is 1. The van der Waals surface area contributed by atoms with Crippen LogP contribution in [-0.4, -0.2) is 12.1 Å². The molecule has 0 aromatic heterocycles. The summed E-state index contributed by atoms with van der Waals surface area (Å²) in [5, 5.41) is 3.00. The highest BCUT2D eigenvalue weighted by Gasteiger charge is 2.16. The third kappa shape index (κ3) is 4.61. The predicted octanol–water partition coefficient (Wildman–Crippen LogP) is 6.44. The van der Waals surface area contributed by atoms with E-state index >= 15 is 0 Å². The van der Waals surface area contributed by atoms with Crippen molar-refractivity contribution in [2.24, 2.45) is 0 Å². The quantitative estimate of drug-likeness (QED) is 0.573. The summed E-state index contributed by atoms with van der Waals surface area (Å²) in [5.41, 5.74) is 4.48. The topological polar surface area (TPSA) is 38.3 Å². The summed E-state index contributed by atoms with van der Waals surface area (Å²) in [6.07, 6.45) is 5.35. The first-order valence-electron chi connectivity index (χ1n) is 10.0. The van der Waals surface area contributed by atoms with E-state index in [9.17, 15) is 4.79 Å². The first-order chi connectivity index (χ1) is 13.8. The zero-order valence-corrected chi connectivity index (χ0v) is 15.9. The molecule has 3 heteroatoms. The number of hydrogen-bond acceptors (Lipinski definition) is 2. The van der Waals surface area contributed by atoms with Crippen molar-refractivity contribution in [2.45, 2.75) is 38.1 Å². The second-order valence-corrected chi connectivity index (χ2v) is 7.34. The number of benzene rings is 3. The van der Waals surface area contributed by atoms with Gasteiger partial charge in [0, 0.05) is 6.04 Å². The first-order valence-corrected chi connectivity index (χ1v) is 10.0. The number of carbonyl (C=O) groups is 1. The van der Waals surface area contributed by atoms with E-state index in [0.29, 0.717) is 5.75 Å². The van der Waals surface area contributed by atoms with E-state index in [0.717, 1.165) is 24.0 Å². The lowest BCUT2D eigenvalue weighted by Gasteiger charge is -2.22. The largest absolute Gasteiger partial charge is 0.412 e. The van der Waals surface area contributed by atoms with Crippen LogP contribution < -0.4 is 10.1 Å². The summed E-state index contributed by atoms with van der Waals surface area (Å²) in [5.74, 6) is 0.566. The van der Waals surface area contributed by atoms with Gasteiger partial charge in [0.1, 0.15) is 5.75 Å². The number of amides is 1. The van der Waals surface area contributed by atoms with Crippen molar-refractivity contribution < 1.29 is 9.53 Å². The van der Waals surface area contributed by atoms with Gasteiger partial charge in [0.2, 0.25) is 0 Å². The molecule has 1 N–H and O–H groups in total. The maximum Gasteiger partial charge on any atom is 0.412 e. The molecule has 28 heavy (non-hydrogen) atoms. The number of nitrogens with one attached hydrogen (secondary N) is 1. The van der Waals surface area contributed by atoms with E-state index in [2.05, 4.69) is 41.7 Å². The molecule has 1 saturated carbocycles. The van der Waals surface area contributed by atoms with Crippen LogP contribution in [0.25, 0.3) is 22.3 Å². The van der Waals surface area contributed by atoms with Gasteiger partial charge in [0.15, 0.2) is 0 Å². The Morgan fingerprint density at radius 1 is 0.714 bits per heavy atom. The monoisotopic (exact) mass is 371 g/mol. The first kappa shape index (κ1) is 18.3. The van der Waals surface area contributed by atoms with Gasteiger partial charge in [-0.15, -0.1) is 0 Å². The van der Waals surface area contributed by atoms with Crippen LogP contribution in [0.15, 0.2) is 78.9 Å². The summed E-state index contributed by atoms with van der Waals surface area (Å²) in [7, 11) is 0. The van der Waals surface area contributed by atoms with Gasteiger partial charge in [-0.1, -0.05) is 79.9 Å². The Morgan fingerprint density at radius 2 is 1.32 bits per heavy atom. The van der Waals surface area contributed by atoms with Crippen LogP contribution in [0.3, 0.4) is 0 Å². The number of carbonyl (C=O) groups excluding carboxylic acids is 1. The minimum absolute atomic E-state index is 0.243. The lowest BCUT2D eigenvalue weighted by atomic mass is 9.96. The summed E-state index contributed by atoms with van der Waals surface area (Å²) < 4.78 is 5.54. The fourth-order valence-corrected chi connectivity index (χ4v) is 3.80. The lowest BCUT2D eigenvalue weighted by molar-refractivity contribution is 0.192. The Morgan fingerprint density at radius 3 is 2.07 bits per heavy atom. The van der Waals surface area contributed by atoms with Crippen molar-refractivity contribution in [2.75, 3.05) is 0 Å². The summed E-state index contributed by atoms with van der Waals surface area (Å²) in [4.78, 5) is 12.2. The van der Waals surface area contributed by atoms with Crippen LogP contribution in [0.4, 0.5) is 4.79 Å². The molecule has 0 unspecified atom stereocenters. The van der Waals surface area contributed by atoms with E-state index in [-0.39, 0.29) is 12.1 Å². The Labute approximate surface area is 166 Å². The average molecular weight is 371 g/mol. The van der Waals surface area contributed by atoms with Gasteiger partial charge in [-0.2, -0.15) is 0 Å². The molecule has 3 aromatic carbocycles. The highest BCUT2D eigenvalue weighted by atomic mass is 16.6. The molecule has 0 atom stereocenters. The SMILES string of the molecule is O=C(NC1CCCCC1)Oc1cccc(-c2cccc(-c3ccccc3)c2)c1. The van der Waals surface area contributed by atoms with Crippen LogP contribution in [0.1, 0.15) is 32.1 Å².